The van der Waals surface area contributed by atoms with E-state index in [2.05, 4.69) is 20.7 Å². The van der Waals surface area contributed by atoms with Gasteiger partial charge in [-0.15, -0.1) is 10.2 Å². The van der Waals surface area contributed by atoms with Gasteiger partial charge in [0.15, 0.2) is 0 Å². The number of nitrogens with zero attached hydrogens (tertiary/aromatic N) is 5. The lowest BCUT2D eigenvalue weighted by Crippen LogP contribution is -2.64. The van der Waals surface area contributed by atoms with Gasteiger partial charge in [-0.2, -0.15) is 4.80 Å². The van der Waals surface area contributed by atoms with Crippen LogP contribution in [-0.4, -0.2) is 69.4 Å². The minimum absolute atomic E-state index is 0.0184. The Kier molecular flexibility index (Phi) is 3.76. The number of hydrogen-bond acceptors (Lipinski definition) is 6. The van der Waals surface area contributed by atoms with Crippen molar-refractivity contribution in [2.24, 2.45) is 0 Å². The van der Waals surface area contributed by atoms with E-state index in [1.807, 2.05) is 35.2 Å². The third-order valence-electron chi connectivity index (χ3n) is 4.11. The molecule has 0 radical (unpaired) electrons. The molecule has 8 heteroatoms. The van der Waals surface area contributed by atoms with E-state index in [1.165, 1.54) is 4.80 Å². The zero-order valence-electron chi connectivity index (χ0n) is 12.6. The summed E-state index contributed by atoms with van der Waals surface area (Å²) in [6.45, 7) is 3.13. The van der Waals surface area contributed by atoms with Crippen molar-refractivity contribution < 1.29 is 9.53 Å². The van der Waals surface area contributed by atoms with Crippen LogP contribution in [0.25, 0.3) is 11.4 Å². The minimum atomic E-state index is 0.0184. The van der Waals surface area contributed by atoms with Crippen LogP contribution in [0, 0.1) is 0 Å². The summed E-state index contributed by atoms with van der Waals surface area (Å²) in [6, 6.07) is 10.4. The summed E-state index contributed by atoms with van der Waals surface area (Å²) >= 11 is 0. The number of likely N-dealkylation sites (tertiary alicyclic amines) is 1. The van der Waals surface area contributed by atoms with Gasteiger partial charge in [0.1, 0.15) is 6.54 Å². The molecular formula is C15H18N6O2. The fourth-order valence-electron chi connectivity index (χ4n) is 2.69. The highest BCUT2D eigenvalue weighted by atomic mass is 16.5. The number of amides is 1. The summed E-state index contributed by atoms with van der Waals surface area (Å²) in [6.07, 6.45) is 0. The highest BCUT2D eigenvalue weighted by Gasteiger charge is 2.33. The quantitative estimate of drug-likeness (QED) is 0.804. The number of nitrogens with one attached hydrogen (secondary N) is 1. The lowest BCUT2D eigenvalue weighted by Gasteiger charge is -2.43. The molecule has 4 rings (SSSR count). The zero-order valence-corrected chi connectivity index (χ0v) is 12.6. The minimum Gasteiger partial charge on any atom is -0.378 e. The molecule has 23 heavy (non-hydrogen) atoms. The van der Waals surface area contributed by atoms with Crippen LogP contribution in [-0.2, 0) is 16.1 Å². The van der Waals surface area contributed by atoms with Crippen LogP contribution in [0.2, 0.25) is 0 Å². The third kappa shape index (κ3) is 3.08. The number of tetrazole rings is 1. The van der Waals surface area contributed by atoms with Crippen molar-refractivity contribution in [1.29, 1.82) is 0 Å². The van der Waals surface area contributed by atoms with Gasteiger partial charge in [0.25, 0.3) is 0 Å². The number of ether oxygens (including phenoxy) is 1. The third-order valence-corrected chi connectivity index (χ3v) is 4.11. The fourth-order valence-corrected chi connectivity index (χ4v) is 2.69. The summed E-state index contributed by atoms with van der Waals surface area (Å²) in [4.78, 5) is 15.4. The Bertz CT molecular complexity index is 678. The maximum atomic E-state index is 12.2. The molecule has 2 fully saturated rings. The molecule has 0 aliphatic carbocycles. The van der Waals surface area contributed by atoms with Gasteiger partial charge in [-0.05, 0) is 5.21 Å². The molecule has 0 spiro atoms. The monoisotopic (exact) mass is 314 g/mol. The van der Waals surface area contributed by atoms with Gasteiger partial charge in [0.2, 0.25) is 11.7 Å². The molecule has 2 aliphatic rings. The lowest BCUT2D eigenvalue weighted by atomic mass is 10.1. The molecule has 1 aromatic heterocycles. The fraction of sp³-hybridized carbons (Fsp3) is 0.467. The average molecular weight is 314 g/mol. The number of hydrogen-bond donors (Lipinski definition) is 1. The predicted molar refractivity (Wildman–Crippen MR) is 81.4 cm³/mol. The maximum absolute atomic E-state index is 12.2. The summed E-state index contributed by atoms with van der Waals surface area (Å²) < 4.78 is 5.13. The van der Waals surface area contributed by atoms with Crippen LogP contribution in [0.1, 0.15) is 0 Å². The van der Waals surface area contributed by atoms with Gasteiger partial charge >= 0.3 is 0 Å². The van der Waals surface area contributed by atoms with Crippen molar-refractivity contribution >= 4 is 5.91 Å². The number of carbonyl (C=O) groups excluding carboxylic acids is 1. The van der Waals surface area contributed by atoms with E-state index < -0.39 is 0 Å². The van der Waals surface area contributed by atoms with E-state index in [0.717, 1.165) is 31.9 Å². The molecule has 0 bridgehead atoms. The molecule has 0 atom stereocenters. The summed E-state index contributed by atoms with van der Waals surface area (Å²) in [5.41, 5.74) is 0.891. The Morgan fingerprint density at radius 2 is 2.00 bits per heavy atom. The van der Waals surface area contributed by atoms with Crippen LogP contribution in [0.15, 0.2) is 30.3 Å². The second kappa shape index (κ2) is 6.05. The number of rotatable bonds is 5. The molecule has 8 nitrogen and oxygen atoms in total. The van der Waals surface area contributed by atoms with Crippen LogP contribution < -0.4 is 5.32 Å². The lowest BCUT2D eigenvalue weighted by molar-refractivity contribution is -0.138. The largest absolute Gasteiger partial charge is 0.378 e. The van der Waals surface area contributed by atoms with Crippen molar-refractivity contribution in [3.8, 4) is 11.4 Å². The first-order chi connectivity index (χ1) is 11.3. The van der Waals surface area contributed by atoms with Gasteiger partial charge in [0, 0.05) is 24.7 Å². The van der Waals surface area contributed by atoms with Gasteiger partial charge < -0.3 is 15.0 Å². The summed E-state index contributed by atoms with van der Waals surface area (Å²) in [5.74, 6) is 0.552. The number of benzene rings is 1. The van der Waals surface area contributed by atoms with E-state index in [0.29, 0.717) is 17.9 Å². The molecule has 0 unspecified atom stereocenters. The van der Waals surface area contributed by atoms with Crippen LogP contribution in [0.5, 0.6) is 0 Å². The van der Waals surface area contributed by atoms with Crippen molar-refractivity contribution in [3.63, 3.8) is 0 Å². The van der Waals surface area contributed by atoms with Gasteiger partial charge in [-0.25, -0.2) is 0 Å². The van der Waals surface area contributed by atoms with Crippen molar-refractivity contribution in [3.05, 3.63) is 30.3 Å². The molecule has 2 aromatic rings. The van der Waals surface area contributed by atoms with E-state index in [-0.39, 0.29) is 12.5 Å². The SMILES string of the molecule is O=C(Cn1nnc(-c2ccccc2)n1)N1CC(NC2COC2)C1. The van der Waals surface area contributed by atoms with Crippen molar-refractivity contribution in [2.75, 3.05) is 26.3 Å². The average Bonchev–Trinajstić information content (AvgIpc) is 2.93. The molecule has 1 amide bonds. The van der Waals surface area contributed by atoms with E-state index in [1.54, 1.807) is 0 Å². The summed E-state index contributed by atoms with van der Waals surface area (Å²) in [7, 11) is 0. The van der Waals surface area contributed by atoms with Gasteiger partial charge in [-0.3, -0.25) is 4.79 Å². The molecule has 120 valence electrons. The van der Waals surface area contributed by atoms with E-state index >= 15 is 0 Å². The highest BCUT2D eigenvalue weighted by molar-refractivity contribution is 5.76. The van der Waals surface area contributed by atoms with Gasteiger partial charge in [0.05, 0.1) is 19.3 Å². The predicted octanol–water partition coefficient (Wildman–Crippen LogP) is -0.461. The molecule has 2 aliphatic heterocycles. The van der Waals surface area contributed by atoms with Crippen LogP contribution in [0.4, 0.5) is 0 Å². The first kappa shape index (κ1) is 14.3. The molecule has 2 saturated heterocycles. The van der Waals surface area contributed by atoms with E-state index in [4.69, 9.17) is 4.74 Å². The Labute approximate surface area is 133 Å². The molecule has 3 heterocycles. The summed E-state index contributed by atoms with van der Waals surface area (Å²) in [5, 5.41) is 15.7. The Balaban J connectivity index is 1.29. The van der Waals surface area contributed by atoms with Crippen LogP contribution >= 0.6 is 0 Å². The Hall–Kier alpha value is -2.32. The highest BCUT2D eigenvalue weighted by Crippen LogP contribution is 2.13. The molecular weight excluding hydrogens is 296 g/mol. The topological polar surface area (TPSA) is 85.2 Å². The second-order valence-corrected chi connectivity index (χ2v) is 5.91. The van der Waals surface area contributed by atoms with Crippen molar-refractivity contribution in [2.45, 2.75) is 18.6 Å². The Morgan fingerprint density at radius 1 is 1.22 bits per heavy atom. The van der Waals surface area contributed by atoms with Crippen molar-refractivity contribution in [1.82, 2.24) is 30.4 Å². The number of aromatic nitrogens is 4. The zero-order chi connectivity index (χ0) is 15.6. The maximum Gasteiger partial charge on any atom is 0.246 e. The Morgan fingerprint density at radius 3 is 2.70 bits per heavy atom. The molecule has 1 aromatic carbocycles. The molecule has 1 N–H and O–H groups in total. The normalized spacial score (nSPS) is 18.5. The standard InChI is InChI=1S/C15H18N6O2/c22-14(20-6-12(7-20)16-13-9-23-10-13)8-21-18-15(17-19-21)11-4-2-1-3-5-11/h1-5,12-13,16H,6-10H2. The second-order valence-electron chi connectivity index (χ2n) is 5.91. The first-order valence-electron chi connectivity index (χ1n) is 7.73. The number of carbonyl (C=O) groups is 1. The van der Waals surface area contributed by atoms with E-state index in [9.17, 15) is 4.79 Å². The smallest absolute Gasteiger partial charge is 0.246 e. The first-order valence-corrected chi connectivity index (χ1v) is 7.73. The van der Waals surface area contributed by atoms with Gasteiger partial charge in [-0.1, -0.05) is 30.3 Å². The molecule has 0 saturated carbocycles. The van der Waals surface area contributed by atoms with Crippen LogP contribution in [0.3, 0.4) is 0 Å².